The minimum atomic E-state index is -1.18. The molecule has 3 N–H and O–H groups in total. The standard InChI is InChI=1S/C18H16N2O5/c1-9-3-5-11(6-4-9)13-7-12-16(23)15(18(24)19-8-14(21)22)20-10(2)17(12)25-13/h3-7,23H,8H2,1-2H3,(H,19,24)(H,21,22). The zero-order valence-corrected chi connectivity index (χ0v) is 13.7. The molecule has 0 saturated heterocycles. The molecule has 128 valence electrons. The Kier molecular flexibility index (Phi) is 4.14. The minimum Gasteiger partial charge on any atom is -0.505 e. The maximum atomic E-state index is 12.1. The summed E-state index contributed by atoms with van der Waals surface area (Å²) < 4.78 is 5.79. The number of aryl methyl sites for hydroxylation is 2. The van der Waals surface area contributed by atoms with E-state index < -0.39 is 18.4 Å². The smallest absolute Gasteiger partial charge is 0.322 e. The molecule has 2 heterocycles. The fourth-order valence-electron chi connectivity index (χ4n) is 2.49. The van der Waals surface area contributed by atoms with Gasteiger partial charge in [0.25, 0.3) is 5.91 Å². The summed E-state index contributed by atoms with van der Waals surface area (Å²) in [6, 6.07) is 9.31. The van der Waals surface area contributed by atoms with Crippen LogP contribution in [-0.4, -0.2) is 33.6 Å². The molecule has 7 heteroatoms. The van der Waals surface area contributed by atoms with Crippen molar-refractivity contribution in [3.63, 3.8) is 0 Å². The molecule has 0 spiro atoms. The van der Waals surface area contributed by atoms with E-state index in [-0.39, 0.29) is 11.4 Å². The highest BCUT2D eigenvalue weighted by Gasteiger charge is 2.21. The molecule has 0 unspecified atom stereocenters. The van der Waals surface area contributed by atoms with Gasteiger partial charge < -0.3 is 19.9 Å². The van der Waals surface area contributed by atoms with Gasteiger partial charge in [-0.1, -0.05) is 29.8 Å². The summed E-state index contributed by atoms with van der Waals surface area (Å²) in [7, 11) is 0. The van der Waals surface area contributed by atoms with Crippen molar-refractivity contribution in [2.75, 3.05) is 6.54 Å². The van der Waals surface area contributed by atoms with Crippen molar-refractivity contribution in [3.05, 3.63) is 47.3 Å². The predicted molar refractivity (Wildman–Crippen MR) is 90.6 cm³/mol. The average molecular weight is 340 g/mol. The molecule has 3 aromatic rings. The molecule has 0 bridgehead atoms. The second-order valence-electron chi connectivity index (χ2n) is 5.69. The molecule has 0 fully saturated rings. The van der Waals surface area contributed by atoms with Crippen molar-refractivity contribution in [1.29, 1.82) is 0 Å². The van der Waals surface area contributed by atoms with E-state index in [2.05, 4.69) is 10.3 Å². The lowest BCUT2D eigenvalue weighted by molar-refractivity contribution is -0.135. The molecule has 3 rings (SSSR count). The number of fused-ring (bicyclic) bond motifs is 1. The zero-order chi connectivity index (χ0) is 18.1. The Balaban J connectivity index is 2.06. The summed E-state index contributed by atoms with van der Waals surface area (Å²) in [5.74, 6) is -1.75. The van der Waals surface area contributed by atoms with Gasteiger partial charge in [-0.05, 0) is 19.9 Å². The van der Waals surface area contributed by atoms with E-state index in [1.807, 2.05) is 31.2 Å². The summed E-state index contributed by atoms with van der Waals surface area (Å²) in [6.07, 6.45) is 0. The maximum absolute atomic E-state index is 12.1. The SMILES string of the molecule is Cc1ccc(-c2cc3c(O)c(C(=O)NCC(=O)O)nc(C)c3o2)cc1. The van der Waals surface area contributed by atoms with E-state index in [0.29, 0.717) is 22.4 Å². The van der Waals surface area contributed by atoms with Gasteiger partial charge in [0, 0.05) is 5.56 Å². The Morgan fingerprint density at radius 3 is 2.52 bits per heavy atom. The van der Waals surface area contributed by atoms with Crippen molar-refractivity contribution >= 4 is 22.8 Å². The van der Waals surface area contributed by atoms with E-state index in [1.54, 1.807) is 13.0 Å². The topological polar surface area (TPSA) is 113 Å². The van der Waals surface area contributed by atoms with E-state index in [4.69, 9.17) is 9.52 Å². The van der Waals surface area contributed by atoms with Gasteiger partial charge in [-0.15, -0.1) is 0 Å². The lowest BCUT2D eigenvalue weighted by Gasteiger charge is -2.06. The van der Waals surface area contributed by atoms with Gasteiger partial charge in [-0.25, -0.2) is 4.98 Å². The number of carboxylic acids is 1. The van der Waals surface area contributed by atoms with Gasteiger partial charge >= 0.3 is 5.97 Å². The van der Waals surface area contributed by atoms with Gasteiger partial charge in [-0.3, -0.25) is 9.59 Å². The van der Waals surface area contributed by atoms with Crippen LogP contribution in [0.3, 0.4) is 0 Å². The number of aromatic nitrogens is 1. The number of pyridine rings is 1. The van der Waals surface area contributed by atoms with Crippen molar-refractivity contribution in [3.8, 4) is 17.1 Å². The highest BCUT2D eigenvalue weighted by Crippen LogP contribution is 2.35. The van der Waals surface area contributed by atoms with Crippen LogP contribution >= 0.6 is 0 Å². The normalized spacial score (nSPS) is 10.8. The molecular formula is C18H16N2O5. The maximum Gasteiger partial charge on any atom is 0.322 e. The number of benzene rings is 1. The Hall–Kier alpha value is -3.35. The second kappa shape index (κ2) is 6.27. The summed E-state index contributed by atoms with van der Waals surface area (Å²) >= 11 is 0. The van der Waals surface area contributed by atoms with E-state index >= 15 is 0 Å². The third kappa shape index (κ3) is 3.16. The number of amides is 1. The molecule has 1 aromatic carbocycles. The van der Waals surface area contributed by atoms with Crippen LogP contribution in [0.25, 0.3) is 22.3 Å². The van der Waals surface area contributed by atoms with Crippen molar-refractivity contribution in [2.24, 2.45) is 0 Å². The summed E-state index contributed by atoms with van der Waals surface area (Å²) in [5.41, 5.74) is 2.51. The molecule has 0 radical (unpaired) electrons. The monoisotopic (exact) mass is 340 g/mol. The Morgan fingerprint density at radius 2 is 1.88 bits per heavy atom. The quantitative estimate of drug-likeness (QED) is 0.673. The Morgan fingerprint density at radius 1 is 1.20 bits per heavy atom. The fraction of sp³-hybridized carbons (Fsp3) is 0.167. The van der Waals surface area contributed by atoms with Crippen LogP contribution in [0.2, 0.25) is 0 Å². The fourth-order valence-corrected chi connectivity index (χ4v) is 2.49. The first-order chi connectivity index (χ1) is 11.9. The van der Waals surface area contributed by atoms with Gasteiger partial charge in [0.05, 0.1) is 11.1 Å². The van der Waals surface area contributed by atoms with Gasteiger partial charge in [0.1, 0.15) is 12.3 Å². The molecule has 2 aromatic heterocycles. The van der Waals surface area contributed by atoms with Crippen molar-refractivity contribution in [1.82, 2.24) is 10.3 Å². The molecule has 0 atom stereocenters. The van der Waals surface area contributed by atoms with Crippen LogP contribution in [0.5, 0.6) is 5.75 Å². The number of aromatic hydroxyl groups is 1. The van der Waals surface area contributed by atoms with Crippen molar-refractivity contribution < 1.29 is 24.2 Å². The minimum absolute atomic E-state index is 0.234. The van der Waals surface area contributed by atoms with Crippen LogP contribution in [0.15, 0.2) is 34.7 Å². The molecule has 0 saturated carbocycles. The van der Waals surface area contributed by atoms with E-state index in [9.17, 15) is 14.7 Å². The first kappa shape index (κ1) is 16.5. The first-order valence-electron chi connectivity index (χ1n) is 7.57. The Labute approximate surface area is 142 Å². The van der Waals surface area contributed by atoms with Gasteiger partial charge in [-0.2, -0.15) is 0 Å². The highest BCUT2D eigenvalue weighted by atomic mass is 16.4. The molecule has 7 nitrogen and oxygen atoms in total. The zero-order valence-electron chi connectivity index (χ0n) is 13.7. The molecule has 1 amide bonds. The second-order valence-corrected chi connectivity index (χ2v) is 5.69. The number of aliphatic carboxylic acids is 1. The summed E-state index contributed by atoms with van der Waals surface area (Å²) in [6.45, 7) is 3.07. The van der Waals surface area contributed by atoms with Crippen LogP contribution in [0.1, 0.15) is 21.7 Å². The van der Waals surface area contributed by atoms with Gasteiger partial charge in [0.2, 0.25) is 0 Å². The number of carboxylic acid groups (broad SMARTS) is 1. The summed E-state index contributed by atoms with van der Waals surface area (Å²) in [4.78, 5) is 26.7. The number of furan rings is 1. The number of carbonyl (C=O) groups is 2. The van der Waals surface area contributed by atoms with Crippen molar-refractivity contribution in [2.45, 2.75) is 13.8 Å². The van der Waals surface area contributed by atoms with Crippen LogP contribution in [-0.2, 0) is 4.79 Å². The molecule has 0 aliphatic rings. The number of hydrogen-bond acceptors (Lipinski definition) is 5. The number of rotatable bonds is 4. The number of nitrogens with one attached hydrogen (secondary N) is 1. The predicted octanol–water partition coefficient (Wildman–Crippen LogP) is 2.63. The van der Waals surface area contributed by atoms with Gasteiger partial charge in [0.15, 0.2) is 17.0 Å². The number of nitrogens with zero attached hydrogens (tertiary/aromatic N) is 1. The average Bonchev–Trinajstić information content (AvgIpc) is 3.03. The molecule has 0 aliphatic heterocycles. The lowest BCUT2D eigenvalue weighted by atomic mass is 10.1. The molecule has 0 aliphatic carbocycles. The molecular weight excluding hydrogens is 324 g/mol. The first-order valence-corrected chi connectivity index (χ1v) is 7.57. The summed E-state index contributed by atoms with van der Waals surface area (Å²) in [5, 5.41) is 21.6. The third-order valence-electron chi connectivity index (χ3n) is 3.77. The number of carbonyl (C=O) groups excluding carboxylic acids is 1. The molecule has 25 heavy (non-hydrogen) atoms. The Bertz CT molecular complexity index is 973. The van der Waals surface area contributed by atoms with E-state index in [0.717, 1.165) is 11.1 Å². The number of hydrogen-bond donors (Lipinski definition) is 3. The van der Waals surface area contributed by atoms with Crippen LogP contribution in [0, 0.1) is 13.8 Å². The van der Waals surface area contributed by atoms with Crippen LogP contribution < -0.4 is 5.32 Å². The largest absolute Gasteiger partial charge is 0.505 e. The third-order valence-corrected chi connectivity index (χ3v) is 3.77. The van der Waals surface area contributed by atoms with Crippen LogP contribution in [0.4, 0.5) is 0 Å². The lowest BCUT2D eigenvalue weighted by Crippen LogP contribution is -2.30. The highest BCUT2D eigenvalue weighted by molar-refractivity contribution is 6.02. The van der Waals surface area contributed by atoms with E-state index in [1.165, 1.54) is 0 Å².